The molecule has 4 rings (SSSR count). The van der Waals surface area contributed by atoms with E-state index in [-0.39, 0.29) is 40.9 Å². The SMILES string of the molecule is Cc1cc(C)cc(C(c2cc(C)cc(C)c2)[C]2([Ti+3])C3=CC=CCC3CC2C)c1.[Cl-].[Cl-].[Cl-]. The van der Waals surface area contributed by atoms with Crippen molar-refractivity contribution in [3.05, 3.63) is 93.6 Å². The molecule has 0 saturated heterocycles. The van der Waals surface area contributed by atoms with E-state index in [1.165, 1.54) is 46.2 Å². The molecule has 1 fully saturated rings. The second-order valence-corrected chi connectivity index (χ2v) is 10.6. The van der Waals surface area contributed by atoms with E-state index in [4.69, 9.17) is 0 Å². The molecule has 0 N–H and O–H groups in total. The molecule has 31 heavy (non-hydrogen) atoms. The average molecular weight is 510 g/mol. The van der Waals surface area contributed by atoms with E-state index in [0.717, 1.165) is 0 Å². The molecule has 2 aliphatic carbocycles. The van der Waals surface area contributed by atoms with Crippen LogP contribution in [0.4, 0.5) is 0 Å². The molecule has 164 valence electrons. The Morgan fingerprint density at radius 2 is 1.26 bits per heavy atom. The van der Waals surface area contributed by atoms with Gasteiger partial charge in [-0.05, 0) is 0 Å². The zero-order valence-corrected chi connectivity index (χ0v) is 22.8. The maximum atomic E-state index is 2.54. The van der Waals surface area contributed by atoms with Gasteiger partial charge < -0.3 is 37.2 Å². The van der Waals surface area contributed by atoms with Crippen LogP contribution in [-0.4, -0.2) is 0 Å². The molecule has 2 aliphatic rings. The van der Waals surface area contributed by atoms with Gasteiger partial charge in [-0.25, -0.2) is 0 Å². The Morgan fingerprint density at radius 3 is 1.71 bits per heavy atom. The second-order valence-electron chi connectivity index (χ2n) is 9.26. The van der Waals surface area contributed by atoms with E-state index < -0.39 is 0 Å². The van der Waals surface area contributed by atoms with Gasteiger partial charge in [0.15, 0.2) is 0 Å². The Kier molecular flexibility index (Phi) is 10.2. The summed E-state index contributed by atoms with van der Waals surface area (Å²) in [4.78, 5) is 0. The third-order valence-electron chi connectivity index (χ3n) is 6.78. The fraction of sp³-hybridized carbons (Fsp3) is 0.407. The topological polar surface area (TPSA) is 0 Å². The first-order valence-electron chi connectivity index (χ1n) is 10.6. The van der Waals surface area contributed by atoms with Crippen LogP contribution in [0.1, 0.15) is 59.1 Å². The van der Waals surface area contributed by atoms with E-state index in [1.54, 1.807) is 5.57 Å². The van der Waals surface area contributed by atoms with E-state index >= 15 is 0 Å². The molecular formula is C27H31Cl3Ti. The summed E-state index contributed by atoms with van der Waals surface area (Å²) in [5.41, 5.74) is 10.1. The van der Waals surface area contributed by atoms with Gasteiger partial charge in [-0.1, -0.05) is 0 Å². The standard InChI is InChI=1S/C27H31.3ClH.Ti/c1-17-10-18(2)13-23(12-17)27(24-14-19(3)11-20(4)15-24)26-21(5)16-22-8-6-7-9-25(22)26;;;;/h6-7,9-15,21-22,27H,8,16H2,1-5H3;3*1H;/q;;;;+3/p-3. The number of benzene rings is 2. The number of aryl methyl sites for hydroxylation is 4. The molecule has 0 amide bonds. The van der Waals surface area contributed by atoms with E-state index in [2.05, 4.69) is 110 Å². The molecule has 0 radical (unpaired) electrons. The molecule has 0 spiro atoms. The van der Waals surface area contributed by atoms with Crippen LogP contribution in [-0.2, 0) is 20.4 Å². The van der Waals surface area contributed by atoms with E-state index in [1.807, 2.05) is 0 Å². The number of fused-ring (bicyclic) bond motifs is 1. The van der Waals surface area contributed by atoms with Crippen molar-refractivity contribution >= 4 is 0 Å². The number of halogens is 3. The summed E-state index contributed by atoms with van der Waals surface area (Å²) in [6.07, 6.45) is 9.60. The van der Waals surface area contributed by atoms with Gasteiger partial charge in [0.05, 0.1) is 0 Å². The summed E-state index contributed by atoms with van der Waals surface area (Å²) in [6, 6.07) is 14.3. The predicted octanol–water partition coefficient (Wildman–Crippen LogP) is -1.69. The van der Waals surface area contributed by atoms with Crippen LogP contribution in [0.2, 0.25) is 3.72 Å². The van der Waals surface area contributed by atoms with E-state index in [0.29, 0.717) is 17.8 Å². The molecule has 3 unspecified atom stereocenters. The summed E-state index contributed by atoms with van der Waals surface area (Å²) >= 11 is 2.54. The van der Waals surface area contributed by atoms with Crippen LogP contribution in [0.3, 0.4) is 0 Å². The minimum absolute atomic E-state index is 0. The smallest absolute Gasteiger partial charge is 1.00 e. The van der Waals surface area contributed by atoms with Crippen molar-refractivity contribution in [3.8, 4) is 0 Å². The van der Waals surface area contributed by atoms with Crippen LogP contribution in [0, 0.1) is 39.5 Å². The molecular weight excluding hydrogens is 479 g/mol. The first-order valence-corrected chi connectivity index (χ1v) is 11.4. The number of hydrogen-bond acceptors (Lipinski definition) is 0. The van der Waals surface area contributed by atoms with Gasteiger partial charge in [0, 0.05) is 0 Å². The first kappa shape index (κ1) is 28.5. The Hall–Kier alpha value is -0.496. The van der Waals surface area contributed by atoms with Crippen molar-refractivity contribution in [1.82, 2.24) is 0 Å². The van der Waals surface area contributed by atoms with Crippen molar-refractivity contribution < 1.29 is 57.7 Å². The number of rotatable bonds is 3. The van der Waals surface area contributed by atoms with Crippen molar-refractivity contribution in [2.24, 2.45) is 11.8 Å². The summed E-state index contributed by atoms with van der Waals surface area (Å²) in [5.74, 6) is 1.77. The van der Waals surface area contributed by atoms with Crippen LogP contribution >= 0.6 is 0 Å². The van der Waals surface area contributed by atoms with Gasteiger partial charge in [0.2, 0.25) is 0 Å². The number of allylic oxidation sites excluding steroid dienone is 4. The molecule has 0 heterocycles. The van der Waals surface area contributed by atoms with Crippen molar-refractivity contribution in [2.75, 3.05) is 0 Å². The molecule has 2 aromatic carbocycles. The third kappa shape index (κ3) is 5.36. The van der Waals surface area contributed by atoms with Crippen molar-refractivity contribution in [1.29, 1.82) is 0 Å². The minimum Gasteiger partial charge on any atom is -1.00 e. The van der Waals surface area contributed by atoms with Crippen LogP contribution < -0.4 is 37.2 Å². The number of hydrogen-bond donors (Lipinski definition) is 0. The average Bonchev–Trinajstić information content (AvgIpc) is 2.85. The normalized spacial score (nSPS) is 23.9. The van der Waals surface area contributed by atoms with E-state index in [9.17, 15) is 0 Å². The van der Waals surface area contributed by atoms with Crippen LogP contribution in [0.15, 0.2) is 60.2 Å². The summed E-state index contributed by atoms with van der Waals surface area (Å²) in [6.45, 7) is 11.4. The Balaban J connectivity index is 0.00000160. The second kappa shape index (κ2) is 11.1. The van der Waals surface area contributed by atoms with Gasteiger partial charge in [-0.3, -0.25) is 0 Å². The molecule has 0 nitrogen and oxygen atoms in total. The van der Waals surface area contributed by atoms with Crippen molar-refractivity contribution in [3.63, 3.8) is 0 Å². The minimum atomic E-state index is 0. The maximum absolute atomic E-state index is 2.54. The summed E-state index contributed by atoms with van der Waals surface area (Å²) < 4.78 is 0.149. The summed E-state index contributed by atoms with van der Waals surface area (Å²) in [7, 11) is 0. The van der Waals surface area contributed by atoms with Gasteiger partial charge in [-0.15, -0.1) is 0 Å². The predicted molar refractivity (Wildman–Crippen MR) is 115 cm³/mol. The zero-order chi connectivity index (χ0) is 20.1. The Morgan fingerprint density at radius 1 is 0.806 bits per heavy atom. The van der Waals surface area contributed by atoms with Crippen molar-refractivity contribution in [2.45, 2.75) is 57.1 Å². The summed E-state index contributed by atoms with van der Waals surface area (Å²) in [5, 5.41) is 0. The molecule has 4 heteroatoms. The fourth-order valence-electron chi connectivity index (χ4n) is 5.80. The quantitative estimate of drug-likeness (QED) is 0.434. The molecule has 3 atom stereocenters. The zero-order valence-electron chi connectivity index (χ0n) is 19.0. The largest absolute Gasteiger partial charge is 1.00 e. The monoisotopic (exact) mass is 508 g/mol. The maximum Gasteiger partial charge on any atom is -1.00 e. The van der Waals surface area contributed by atoms with Crippen LogP contribution in [0.5, 0.6) is 0 Å². The molecule has 2 aromatic rings. The molecule has 0 bridgehead atoms. The van der Waals surface area contributed by atoms with Gasteiger partial charge in [-0.2, -0.15) is 0 Å². The van der Waals surface area contributed by atoms with Crippen LogP contribution in [0.25, 0.3) is 0 Å². The first-order chi connectivity index (χ1) is 13.3. The van der Waals surface area contributed by atoms with Gasteiger partial charge in [0.25, 0.3) is 0 Å². The third-order valence-corrected chi connectivity index (χ3v) is 8.45. The molecule has 0 aliphatic heterocycles. The fourth-order valence-corrected chi connectivity index (χ4v) is 6.95. The van der Waals surface area contributed by atoms with Gasteiger partial charge >= 0.3 is 183 Å². The molecule has 1 saturated carbocycles. The Bertz CT molecular complexity index is 886. The Labute approximate surface area is 219 Å². The van der Waals surface area contributed by atoms with Gasteiger partial charge in [0.1, 0.15) is 0 Å². The molecule has 0 aromatic heterocycles.